The molecule has 0 radical (unpaired) electrons. The molecule has 1 aliphatic heterocycles. The third-order valence-corrected chi connectivity index (χ3v) is 5.14. The molecule has 5 nitrogen and oxygen atoms in total. The van der Waals surface area contributed by atoms with E-state index in [9.17, 15) is 4.79 Å². The van der Waals surface area contributed by atoms with Gasteiger partial charge in [0.1, 0.15) is 11.9 Å². The summed E-state index contributed by atoms with van der Waals surface area (Å²) in [5, 5.41) is 5.01. The number of carbonyl (C=O) groups excluding carboxylic acids is 1. The second-order valence-electron chi connectivity index (χ2n) is 5.89. The first kappa shape index (κ1) is 16.9. The molecule has 1 saturated heterocycles. The minimum atomic E-state index is -0.212. The summed E-state index contributed by atoms with van der Waals surface area (Å²) in [4.78, 5) is 17.9. The summed E-state index contributed by atoms with van der Waals surface area (Å²) in [6, 6.07) is 5.68. The van der Waals surface area contributed by atoms with Crippen LogP contribution in [0.25, 0.3) is 0 Å². The molecule has 0 aromatic carbocycles. The van der Waals surface area contributed by atoms with Gasteiger partial charge in [0, 0.05) is 22.6 Å². The van der Waals surface area contributed by atoms with Crippen molar-refractivity contribution in [3.63, 3.8) is 0 Å². The number of aromatic nitrogens is 1. The van der Waals surface area contributed by atoms with Gasteiger partial charge in [0.2, 0.25) is 0 Å². The van der Waals surface area contributed by atoms with Crippen molar-refractivity contribution in [2.45, 2.75) is 38.8 Å². The molecule has 2 aromatic rings. The second kappa shape index (κ2) is 7.77. The van der Waals surface area contributed by atoms with Gasteiger partial charge in [0.25, 0.3) is 5.91 Å². The van der Waals surface area contributed by atoms with Gasteiger partial charge < -0.3 is 14.8 Å². The van der Waals surface area contributed by atoms with Crippen LogP contribution in [0.2, 0.25) is 0 Å². The highest BCUT2D eigenvalue weighted by Gasteiger charge is 2.29. The monoisotopic (exact) mass is 346 g/mol. The summed E-state index contributed by atoms with van der Waals surface area (Å²) >= 11 is 1.62. The maximum Gasteiger partial charge on any atom is 0.252 e. The number of nitrogens with zero attached hydrogens (tertiary/aromatic N) is 1. The average molecular weight is 346 g/mol. The number of hydrogen-bond acceptors (Lipinski definition) is 5. The fourth-order valence-corrected chi connectivity index (χ4v) is 3.44. The summed E-state index contributed by atoms with van der Waals surface area (Å²) in [5.41, 5.74) is 1.66. The number of rotatable bonds is 5. The molecule has 24 heavy (non-hydrogen) atoms. The van der Waals surface area contributed by atoms with Gasteiger partial charge in [-0.15, -0.1) is 11.3 Å². The van der Waals surface area contributed by atoms with Crippen molar-refractivity contribution >= 4 is 17.2 Å². The maximum atomic E-state index is 12.5. The summed E-state index contributed by atoms with van der Waals surface area (Å²) in [7, 11) is 0. The Kier molecular flexibility index (Phi) is 5.48. The lowest BCUT2D eigenvalue weighted by Crippen LogP contribution is -2.51. The Morgan fingerprint density at radius 3 is 3.08 bits per heavy atom. The average Bonchev–Trinajstić information content (AvgIpc) is 3.08. The molecular formula is C18H22N2O3S. The predicted molar refractivity (Wildman–Crippen MR) is 93.8 cm³/mol. The van der Waals surface area contributed by atoms with E-state index in [1.54, 1.807) is 17.5 Å². The van der Waals surface area contributed by atoms with E-state index in [0.717, 1.165) is 24.1 Å². The van der Waals surface area contributed by atoms with E-state index in [-0.39, 0.29) is 18.1 Å². The number of ether oxygens (including phenoxy) is 2. The highest BCUT2D eigenvalue weighted by atomic mass is 32.1. The van der Waals surface area contributed by atoms with Crippen LogP contribution < -0.4 is 10.1 Å². The zero-order chi connectivity index (χ0) is 16.9. The van der Waals surface area contributed by atoms with Crippen LogP contribution in [0.1, 0.15) is 34.3 Å². The molecule has 128 valence electrons. The molecule has 1 aliphatic rings. The topological polar surface area (TPSA) is 60.5 Å². The zero-order valence-electron chi connectivity index (χ0n) is 14.0. The zero-order valence-corrected chi connectivity index (χ0v) is 14.8. The molecular weight excluding hydrogens is 324 g/mol. The van der Waals surface area contributed by atoms with Crippen molar-refractivity contribution in [3.8, 4) is 5.75 Å². The molecule has 0 bridgehead atoms. The van der Waals surface area contributed by atoms with Crippen molar-refractivity contribution in [1.29, 1.82) is 0 Å². The smallest absolute Gasteiger partial charge is 0.252 e. The van der Waals surface area contributed by atoms with Gasteiger partial charge in [-0.05, 0) is 38.0 Å². The van der Waals surface area contributed by atoms with Crippen LogP contribution in [0.3, 0.4) is 0 Å². The molecule has 0 aliphatic carbocycles. The molecule has 3 rings (SSSR count). The van der Waals surface area contributed by atoms with Crippen LogP contribution in [0.4, 0.5) is 0 Å². The van der Waals surface area contributed by atoms with Gasteiger partial charge >= 0.3 is 0 Å². The summed E-state index contributed by atoms with van der Waals surface area (Å²) in [5.74, 6) is 0.646. The van der Waals surface area contributed by atoms with Crippen LogP contribution in [-0.4, -0.2) is 36.3 Å². The fourth-order valence-electron chi connectivity index (χ4n) is 2.63. The van der Waals surface area contributed by atoms with Gasteiger partial charge in [0.15, 0.2) is 0 Å². The largest absolute Gasteiger partial charge is 0.484 e. The third kappa shape index (κ3) is 4.13. The molecule has 0 unspecified atom stereocenters. The fraction of sp³-hybridized carbons (Fsp3) is 0.444. The van der Waals surface area contributed by atoms with Gasteiger partial charge in [-0.25, -0.2) is 0 Å². The van der Waals surface area contributed by atoms with Crippen LogP contribution in [-0.2, 0) is 11.2 Å². The first-order valence-corrected chi connectivity index (χ1v) is 9.09. The van der Waals surface area contributed by atoms with Crippen LogP contribution in [0.15, 0.2) is 29.8 Å². The van der Waals surface area contributed by atoms with E-state index in [0.29, 0.717) is 19.0 Å². The Morgan fingerprint density at radius 1 is 1.50 bits per heavy atom. The summed E-state index contributed by atoms with van der Waals surface area (Å²) in [6.07, 6.45) is 3.17. The van der Waals surface area contributed by atoms with E-state index in [1.807, 2.05) is 30.5 Å². The Balaban J connectivity index is 1.65. The lowest BCUT2D eigenvalue weighted by Gasteiger charge is -2.32. The number of amides is 1. The first-order valence-electron chi connectivity index (χ1n) is 8.21. The summed E-state index contributed by atoms with van der Waals surface area (Å²) < 4.78 is 11.5. The molecule has 6 heteroatoms. The van der Waals surface area contributed by atoms with Gasteiger partial charge in [-0.3, -0.25) is 9.78 Å². The Labute approximate surface area is 146 Å². The van der Waals surface area contributed by atoms with Crippen molar-refractivity contribution in [2.75, 3.05) is 13.2 Å². The predicted octanol–water partition coefficient (Wildman–Crippen LogP) is 2.98. The van der Waals surface area contributed by atoms with Crippen LogP contribution >= 0.6 is 11.3 Å². The van der Waals surface area contributed by atoms with Crippen molar-refractivity contribution in [3.05, 3.63) is 45.9 Å². The summed E-state index contributed by atoms with van der Waals surface area (Å²) in [6.45, 7) is 5.11. The third-order valence-electron chi connectivity index (χ3n) is 4.06. The second-order valence-corrected chi connectivity index (χ2v) is 6.89. The lowest BCUT2D eigenvalue weighted by molar-refractivity contribution is -0.0136. The quantitative estimate of drug-likeness (QED) is 0.904. The SMILES string of the molecule is CCc1cc(C(=O)N[C@H]2CCOC[C@H]2Oc2ccc(C)nc2)cs1. The Hall–Kier alpha value is -1.92. The minimum absolute atomic E-state index is 0.0477. The number of pyridine rings is 1. The Bertz CT molecular complexity index is 684. The number of hydrogen-bond donors (Lipinski definition) is 1. The molecule has 0 saturated carbocycles. The molecule has 1 N–H and O–H groups in total. The van der Waals surface area contributed by atoms with Crippen molar-refractivity contribution < 1.29 is 14.3 Å². The van der Waals surface area contributed by atoms with Gasteiger partial charge in [-0.1, -0.05) is 6.92 Å². The normalized spacial score (nSPS) is 20.6. The van der Waals surface area contributed by atoms with E-state index in [4.69, 9.17) is 9.47 Å². The van der Waals surface area contributed by atoms with Crippen LogP contribution in [0.5, 0.6) is 5.75 Å². The number of thiophene rings is 1. The maximum absolute atomic E-state index is 12.5. The van der Waals surface area contributed by atoms with Crippen molar-refractivity contribution in [2.24, 2.45) is 0 Å². The van der Waals surface area contributed by atoms with E-state index < -0.39 is 0 Å². The van der Waals surface area contributed by atoms with E-state index in [1.165, 1.54) is 4.88 Å². The lowest BCUT2D eigenvalue weighted by atomic mass is 10.1. The molecule has 1 fully saturated rings. The first-order chi connectivity index (χ1) is 11.7. The highest BCUT2D eigenvalue weighted by Crippen LogP contribution is 2.19. The molecule has 0 spiro atoms. The minimum Gasteiger partial charge on any atom is -0.484 e. The number of carbonyl (C=O) groups is 1. The molecule has 3 heterocycles. The van der Waals surface area contributed by atoms with E-state index in [2.05, 4.69) is 17.2 Å². The van der Waals surface area contributed by atoms with Crippen LogP contribution in [0, 0.1) is 6.92 Å². The number of aryl methyl sites for hydroxylation is 2. The molecule has 1 amide bonds. The van der Waals surface area contributed by atoms with Gasteiger partial charge in [0.05, 0.1) is 24.4 Å². The Morgan fingerprint density at radius 2 is 2.38 bits per heavy atom. The number of nitrogens with one attached hydrogen (secondary N) is 1. The highest BCUT2D eigenvalue weighted by molar-refractivity contribution is 7.10. The molecule has 2 aromatic heterocycles. The van der Waals surface area contributed by atoms with Crippen molar-refractivity contribution in [1.82, 2.24) is 10.3 Å². The molecule has 2 atom stereocenters. The standard InChI is InChI=1S/C18H22N2O3S/c1-3-15-8-13(11-24-15)18(21)20-16-6-7-22-10-17(16)23-14-5-4-12(2)19-9-14/h4-5,8-9,11,16-17H,3,6-7,10H2,1-2H3,(H,20,21)/t16-,17+/m0/s1. The van der Waals surface area contributed by atoms with E-state index >= 15 is 0 Å². The van der Waals surface area contributed by atoms with Gasteiger partial charge in [-0.2, -0.15) is 0 Å².